The van der Waals surface area contributed by atoms with Crippen molar-refractivity contribution in [3.05, 3.63) is 28.2 Å². The van der Waals surface area contributed by atoms with Crippen molar-refractivity contribution < 1.29 is 9.53 Å². The molecule has 0 aromatic heterocycles. The summed E-state index contributed by atoms with van der Waals surface area (Å²) in [7, 11) is 0. The van der Waals surface area contributed by atoms with Gasteiger partial charge in [-0.2, -0.15) is 0 Å². The van der Waals surface area contributed by atoms with Crippen LogP contribution in [0.15, 0.2) is 22.7 Å². The highest BCUT2D eigenvalue weighted by Crippen LogP contribution is 2.23. The van der Waals surface area contributed by atoms with Crippen LogP contribution < -0.4 is 10.1 Å². The van der Waals surface area contributed by atoms with Gasteiger partial charge in [-0.1, -0.05) is 36.2 Å². The summed E-state index contributed by atoms with van der Waals surface area (Å²) in [6, 6.07) is 5.51. The number of carbonyl (C=O) groups excluding carboxylic acids is 1. The molecule has 0 aliphatic rings. The molecule has 1 aromatic carbocycles. The first-order valence-electron chi connectivity index (χ1n) is 6.39. The predicted molar refractivity (Wildman–Crippen MR) is 77.2 cm³/mol. The van der Waals surface area contributed by atoms with E-state index in [9.17, 15) is 4.79 Å². The third-order valence-corrected chi connectivity index (χ3v) is 2.96. The molecule has 0 atom stereocenters. The Hall–Kier alpha value is -1.03. The summed E-state index contributed by atoms with van der Waals surface area (Å²) in [5.74, 6) is 0.574. The molecule has 4 heteroatoms. The molecule has 0 bridgehead atoms. The van der Waals surface area contributed by atoms with E-state index < -0.39 is 0 Å². The number of ether oxygens (including phenoxy) is 1. The van der Waals surface area contributed by atoms with Gasteiger partial charge in [0.1, 0.15) is 5.75 Å². The fourth-order valence-corrected chi connectivity index (χ4v) is 1.85. The Balaban J connectivity index is 2.76. The minimum atomic E-state index is -0.0733. The Kier molecular flexibility index (Phi) is 6.80. The lowest BCUT2D eigenvalue weighted by atomic mass is 10.2. The summed E-state index contributed by atoms with van der Waals surface area (Å²) in [6.07, 6.45) is 2.98. The highest BCUT2D eigenvalue weighted by atomic mass is 79.9. The molecule has 0 aliphatic heterocycles. The summed E-state index contributed by atoms with van der Waals surface area (Å²) >= 11 is 3.38. The Morgan fingerprint density at radius 3 is 2.78 bits per heavy atom. The summed E-state index contributed by atoms with van der Waals surface area (Å²) in [6.45, 7) is 5.47. The first-order valence-corrected chi connectivity index (χ1v) is 7.18. The number of hydrogen-bond acceptors (Lipinski definition) is 2. The van der Waals surface area contributed by atoms with Crippen LogP contribution in [0.4, 0.5) is 0 Å². The average molecular weight is 314 g/mol. The number of halogens is 1. The molecule has 0 radical (unpaired) electrons. The van der Waals surface area contributed by atoms with Gasteiger partial charge in [0.2, 0.25) is 0 Å². The zero-order chi connectivity index (χ0) is 13.4. The third kappa shape index (κ3) is 4.69. The second kappa shape index (κ2) is 8.14. The van der Waals surface area contributed by atoms with Crippen molar-refractivity contribution in [3.63, 3.8) is 0 Å². The number of nitrogens with one attached hydrogen (secondary N) is 1. The van der Waals surface area contributed by atoms with Gasteiger partial charge in [-0.3, -0.25) is 4.79 Å². The Bertz CT molecular complexity index is 393. The normalized spacial score (nSPS) is 10.2. The minimum Gasteiger partial charge on any atom is -0.493 e. The first-order chi connectivity index (χ1) is 8.69. The zero-order valence-electron chi connectivity index (χ0n) is 11.0. The van der Waals surface area contributed by atoms with Crippen LogP contribution in [0.2, 0.25) is 0 Å². The molecular formula is C14H20BrNO2. The van der Waals surface area contributed by atoms with E-state index in [-0.39, 0.29) is 5.91 Å². The van der Waals surface area contributed by atoms with E-state index in [2.05, 4.69) is 28.2 Å². The van der Waals surface area contributed by atoms with Crippen LogP contribution in [-0.4, -0.2) is 19.1 Å². The molecule has 3 nitrogen and oxygen atoms in total. The Morgan fingerprint density at radius 2 is 2.11 bits per heavy atom. The topological polar surface area (TPSA) is 38.3 Å². The molecule has 0 spiro atoms. The van der Waals surface area contributed by atoms with E-state index in [4.69, 9.17) is 4.74 Å². The van der Waals surface area contributed by atoms with Crippen LogP contribution in [0.3, 0.4) is 0 Å². The van der Waals surface area contributed by atoms with Crippen LogP contribution in [0.1, 0.15) is 43.5 Å². The van der Waals surface area contributed by atoms with Gasteiger partial charge in [-0.15, -0.1) is 0 Å². The average Bonchev–Trinajstić information content (AvgIpc) is 2.37. The van der Waals surface area contributed by atoms with Crippen molar-refractivity contribution in [2.24, 2.45) is 0 Å². The van der Waals surface area contributed by atoms with Gasteiger partial charge in [0, 0.05) is 11.0 Å². The molecule has 0 unspecified atom stereocenters. The number of amides is 1. The van der Waals surface area contributed by atoms with Crippen molar-refractivity contribution in [3.8, 4) is 5.75 Å². The standard InChI is InChI=1S/C14H20BrNO2/c1-3-5-8-16-14(17)12-10-11(15)6-7-13(12)18-9-4-2/h6-7,10H,3-5,8-9H2,1-2H3,(H,16,17). The first kappa shape index (κ1) is 15.0. The smallest absolute Gasteiger partial charge is 0.255 e. The largest absolute Gasteiger partial charge is 0.493 e. The van der Waals surface area contributed by atoms with Gasteiger partial charge in [0.25, 0.3) is 5.91 Å². The van der Waals surface area contributed by atoms with Gasteiger partial charge in [0.05, 0.1) is 12.2 Å². The number of hydrogen-bond donors (Lipinski definition) is 1. The van der Waals surface area contributed by atoms with E-state index in [1.54, 1.807) is 6.07 Å². The van der Waals surface area contributed by atoms with Crippen LogP contribution in [0.5, 0.6) is 5.75 Å². The summed E-state index contributed by atoms with van der Waals surface area (Å²) < 4.78 is 6.47. The van der Waals surface area contributed by atoms with E-state index in [1.165, 1.54) is 0 Å². The van der Waals surface area contributed by atoms with Gasteiger partial charge >= 0.3 is 0 Å². The van der Waals surface area contributed by atoms with Crippen LogP contribution in [0, 0.1) is 0 Å². The molecule has 0 aliphatic carbocycles. The second-order valence-electron chi connectivity index (χ2n) is 4.10. The number of carbonyl (C=O) groups is 1. The van der Waals surface area contributed by atoms with Crippen molar-refractivity contribution >= 4 is 21.8 Å². The fourth-order valence-electron chi connectivity index (χ4n) is 1.49. The van der Waals surface area contributed by atoms with Crippen molar-refractivity contribution in [2.45, 2.75) is 33.1 Å². The lowest BCUT2D eigenvalue weighted by Gasteiger charge is -2.11. The van der Waals surface area contributed by atoms with Crippen molar-refractivity contribution in [1.29, 1.82) is 0 Å². The SMILES string of the molecule is CCCCNC(=O)c1cc(Br)ccc1OCCC. The summed E-state index contributed by atoms with van der Waals surface area (Å²) in [5, 5.41) is 2.90. The second-order valence-corrected chi connectivity index (χ2v) is 5.01. The van der Waals surface area contributed by atoms with Crippen molar-refractivity contribution in [1.82, 2.24) is 5.32 Å². The molecule has 0 heterocycles. The van der Waals surface area contributed by atoms with Crippen LogP contribution >= 0.6 is 15.9 Å². The number of unbranched alkanes of at least 4 members (excludes halogenated alkanes) is 1. The zero-order valence-corrected chi connectivity index (χ0v) is 12.5. The van der Waals surface area contributed by atoms with Crippen molar-refractivity contribution in [2.75, 3.05) is 13.2 Å². The number of rotatable bonds is 7. The lowest BCUT2D eigenvalue weighted by molar-refractivity contribution is 0.0949. The van der Waals surface area contributed by atoms with Gasteiger partial charge < -0.3 is 10.1 Å². The highest BCUT2D eigenvalue weighted by Gasteiger charge is 2.12. The maximum Gasteiger partial charge on any atom is 0.255 e. The molecule has 0 saturated carbocycles. The quantitative estimate of drug-likeness (QED) is 0.778. The fraction of sp³-hybridized carbons (Fsp3) is 0.500. The lowest BCUT2D eigenvalue weighted by Crippen LogP contribution is -2.25. The Labute approximate surface area is 117 Å². The molecule has 100 valence electrons. The molecule has 18 heavy (non-hydrogen) atoms. The molecule has 1 aromatic rings. The van der Waals surface area contributed by atoms with Gasteiger partial charge in [-0.25, -0.2) is 0 Å². The molecule has 1 amide bonds. The monoisotopic (exact) mass is 313 g/mol. The van der Waals surface area contributed by atoms with Gasteiger partial charge in [0.15, 0.2) is 0 Å². The van der Waals surface area contributed by atoms with Gasteiger partial charge in [-0.05, 0) is 31.0 Å². The molecular weight excluding hydrogens is 294 g/mol. The maximum atomic E-state index is 12.0. The number of benzene rings is 1. The maximum absolute atomic E-state index is 12.0. The molecule has 0 saturated heterocycles. The Morgan fingerprint density at radius 1 is 1.33 bits per heavy atom. The summed E-state index contributed by atoms with van der Waals surface area (Å²) in [4.78, 5) is 12.0. The van der Waals surface area contributed by atoms with E-state index in [1.807, 2.05) is 19.1 Å². The molecule has 0 fully saturated rings. The minimum absolute atomic E-state index is 0.0733. The summed E-state index contributed by atoms with van der Waals surface area (Å²) in [5.41, 5.74) is 0.592. The molecule has 1 rings (SSSR count). The predicted octanol–water partition coefficient (Wildman–Crippen LogP) is 3.77. The third-order valence-electron chi connectivity index (χ3n) is 2.46. The van der Waals surface area contributed by atoms with Crippen LogP contribution in [0.25, 0.3) is 0 Å². The van der Waals surface area contributed by atoms with E-state index in [0.717, 1.165) is 23.7 Å². The van der Waals surface area contributed by atoms with Crippen LogP contribution in [-0.2, 0) is 0 Å². The highest BCUT2D eigenvalue weighted by molar-refractivity contribution is 9.10. The van der Waals surface area contributed by atoms with E-state index in [0.29, 0.717) is 24.5 Å². The molecule has 1 N–H and O–H groups in total. The van der Waals surface area contributed by atoms with E-state index >= 15 is 0 Å².